The van der Waals surface area contributed by atoms with Crippen molar-refractivity contribution in [1.29, 1.82) is 0 Å². The maximum absolute atomic E-state index is 11.5. The Hall–Kier alpha value is -1.55. The van der Waals surface area contributed by atoms with Gasteiger partial charge in [-0.25, -0.2) is 0 Å². The van der Waals surface area contributed by atoms with Gasteiger partial charge >= 0.3 is 0 Å². The first-order chi connectivity index (χ1) is 8.88. The Morgan fingerprint density at radius 1 is 1.32 bits per heavy atom. The number of carbonyl (C=O) groups is 1. The van der Waals surface area contributed by atoms with Crippen LogP contribution < -0.4 is 15.4 Å². The molecule has 2 N–H and O–H groups in total. The van der Waals surface area contributed by atoms with Gasteiger partial charge in [-0.3, -0.25) is 4.79 Å². The van der Waals surface area contributed by atoms with Gasteiger partial charge in [-0.05, 0) is 30.2 Å². The molecule has 1 aromatic carbocycles. The van der Waals surface area contributed by atoms with E-state index in [1.165, 1.54) is 5.56 Å². The minimum Gasteiger partial charge on any atom is -0.496 e. The molecule has 1 aromatic rings. The van der Waals surface area contributed by atoms with Crippen molar-refractivity contribution >= 4 is 5.91 Å². The molecule has 106 valence electrons. The number of rotatable bonds is 5. The molecule has 0 aliphatic heterocycles. The molecule has 0 saturated heterocycles. The van der Waals surface area contributed by atoms with Crippen molar-refractivity contribution in [2.24, 2.45) is 0 Å². The van der Waals surface area contributed by atoms with E-state index in [9.17, 15) is 4.79 Å². The Bertz CT molecular complexity index is 436. The van der Waals surface area contributed by atoms with E-state index < -0.39 is 0 Å². The zero-order valence-electron chi connectivity index (χ0n) is 12.5. The summed E-state index contributed by atoms with van der Waals surface area (Å²) in [6, 6.07) is 6.12. The molecule has 0 bridgehead atoms. The number of benzene rings is 1. The van der Waals surface area contributed by atoms with Crippen molar-refractivity contribution in [3.63, 3.8) is 0 Å². The predicted molar refractivity (Wildman–Crippen MR) is 77.5 cm³/mol. The van der Waals surface area contributed by atoms with Crippen LogP contribution in [0.5, 0.6) is 5.75 Å². The lowest BCUT2D eigenvalue weighted by Gasteiger charge is -2.21. The zero-order valence-corrected chi connectivity index (χ0v) is 12.5. The van der Waals surface area contributed by atoms with Gasteiger partial charge in [0.1, 0.15) is 5.75 Å². The molecule has 0 spiro atoms. The Morgan fingerprint density at radius 2 is 2.00 bits per heavy atom. The molecule has 1 amide bonds. The van der Waals surface area contributed by atoms with E-state index in [1.807, 2.05) is 6.07 Å². The Morgan fingerprint density at radius 3 is 2.53 bits per heavy atom. The van der Waals surface area contributed by atoms with Gasteiger partial charge in [-0.2, -0.15) is 0 Å². The van der Waals surface area contributed by atoms with Crippen molar-refractivity contribution < 1.29 is 9.53 Å². The predicted octanol–water partition coefficient (Wildman–Crippen LogP) is 1.83. The summed E-state index contributed by atoms with van der Waals surface area (Å²) in [5.74, 6) is 0.781. The van der Waals surface area contributed by atoms with Crippen molar-refractivity contribution in [2.45, 2.75) is 32.7 Å². The normalized spacial score (nSPS) is 11.2. The monoisotopic (exact) mass is 264 g/mol. The van der Waals surface area contributed by atoms with E-state index in [-0.39, 0.29) is 11.3 Å². The average Bonchev–Trinajstić information content (AvgIpc) is 2.35. The van der Waals surface area contributed by atoms with Crippen LogP contribution in [0.15, 0.2) is 18.2 Å². The van der Waals surface area contributed by atoms with Gasteiger partial charge in [0.05, 0.1) is 13.7 Å². The number of ether oxygens (including phenoxy) is 1. The second-order valence-electron chi connectivity index (χ2n) is 5.58. The van der Waals surface area contributed by atoms with Crippen LogP contribution >= 0.6 is 0 Å². The molecule has 1 rings (SSSR count). The molecule has 0 unspecified atom stereocenters. The molecule has 4 nitrogen and oxygen atoms in total. The molecule has 19 heavy (non-hydrogen) atoms. The maximum atomic E-state index is 11.5. The molecular weight excluding hydrogens is 240 g/mol. The highest BCUT2D eigenvalue weighted by molar-refractivity contribution is 5.78. The van der Waals surface area contributed by atoms with Crippen LogP contribution in [0.2, 0.25) is 0 Å². The summed E-state index contributed by atoms with van der Waals surface area (Å²) in [6.07, 6.45) is 0. The summed E-state index contributed by atoms with van der Waals surface area (Å²) >= 11 is 0. The number of amides is 1. The number of hydrogen-bond donors (Lipinski definition) is 2. The van der Waals surface area contributed by atoms with Gasteiger partial charge in [0, 0.05) is 12.1 Å². The Labute approximate surface area is 115 Å². The third kappa shape index (κ3) is 4.56. The summed E-state index contributed by atoms with van der Waals surface area (Å²) in [7, 11) is 3.39. The third-order valence-corrected chi connectivity index (χ3v) is 2.96. The molecule has 0 aliphatic rings. The Kier molecular flexibility index (Phi) is 5.36. The van der Waals surface area contributed by atoms with Crippen molar-refractivity contribution in [1.82, 2.24) is 10.6 Å². The molecule has 4 heteroatoms. The van der Waals surface area contributed by atoms with Crippen LogP contribution in [0.1, 0.15) is 31.9 Å². The number of hydrogen-bond acceptors (Lipinski definition) is 3. The van der Waals surface area contributed by atoms with Crippen molar-refractivity contribution in [3.8, 4) is 5.75 Å². The summed E-state index contributed by atoms with van der Waals surface area (Å²) in [6.45, 7) is 7.30. The molecule has 0 fully saturated rings. The van der Waals surface area contributed by atoms with Crippen molar-refractivity contribution in [3.05, 3.63) is 29.3 Å². The minimum absolute atomic E-state index is 0.0225. The van der Waals surface area contributed by atoms with E-state index in [4.69, 9.17) is 4.74 Å². The van der Waals surface area contributed by atoms with Crippen LogP contribution in [0.25, 0.3) is 0 Å². The van der Waals surface area contributed by atoms with E-state index >= 15 is 0 Å². The van der Waals surface area contributed by atoms with Gasteiger partial charge < -0.3 is 15.4 Å². The first-order valence-electron chi connectivity index (χ1n) is 6.47. The highest BCUT2D eigenvalue weighted by Crippen LogP contribution is 2.27. The highest BCUT2D eigenvalue weighted by atomic mass is 16.5. The number of likely N-dealkylation sites (N-methyl/N-ethyl adjacent to an activating group) is 1. The van der Waals surface area contributed by atoms with Crippen LogP contribution in [-0.2, 0) is 16.8 Å². The Balaban J connectivity index is 2.88. The van der Waals surface area contributed by atoms with Crippen LogP contribution in [-0.4, -0.2) is 26.6 Å². The molecule has 0 aromatic heterocycles. The number of nitrogens with one attached hydrogen (secondary N) is 2. The smallest absolute Gasteiger partial charge is 0.234 e. The third-order valence-electron chi connectivity index (χ3n) is 2.96. The summed E-state index contributed by atoms with van der Waals surface area (Å²) in [5.41, 5.74) is 2.31. The highest BCUT2D eigenvalue weighted by Gasteiger charge is 2.16. The molecule has 0 saturated carbocycles. The fourth-order valence-corrected chi connectivity index (χ4v) is 1.80. The maximum Gasteiger partial charge on any atom is 0.234 e. The second-order valence-corrected chi connectivity index (χ2v) is 5.58. The van der Waals surface area contributed by atoms with Crippen molar-refractivity contribution in [2.75, 3.05) is 20.7 Å². The lowest BCUT2D eigenvalue weighted by Crippen LogP contribution is -2.31. The first-order valence-corrected chi connectivity index (χ1v) is 6.47. The summed E-state index contributed by atoms with van der Waals surface area (Å²) < 4.78 is 5.34. The summed E-state index contributed by atoms with van der Waals surface area (Å²) in [5, 5.41) is 5.70. The number of methoxy groups -OCH3 is 1. The quantitative estimate of drug-likeness (QED) is 0.853. The SMILES string of the molecule is CNCC(=O)NCc1cc(C(C)(C)C)ccc1OC. The fourth-order valence-electron chi connectivity index (χ4n) is 1.80. The van der Waals surface area contributed by atoms with Gasteiger partial charge in [0.25, 0.3) is 0 Å². The summed E-state index contributed by atoms with van der Waals surface area (Å²) in [4.78, 5) is 11.5. The number of carbonyl (C=O) groups excluding carboxylic acids is 1. The van der Waals surface area contributed by atoms with E-state index in [0.717, 1.165) is 11.3 Å². The van der Waals surface area contributed by atoms with Gasteiger partial charge in [-0.15, -0.1) is 0 Å². The molecule has 0 aliphatic carbocycles. The van der Waals surface area contributed by atoms with Crippen LogP contribution in [0, 0.1) is 0 Å². The topological polar surface area (TPSA) is 50.4 Å². The lowest BCUT2D eigenvalue weighted by molar-refractivity contribution is -0.120. The first kappa shape index (κ1) is 15.5. The molecule has 0 atom stereocenters. The molecule has 0 heterocycles. The van der Waals surface area contributed by atoms with Gasteiger partial charge in [-0.1, -0.05) is 26.8 Å². The molecular formula is C15H24N2O2. The van der Waals surface area contributed by atoms with E-state index in [2.05, 4.69) is 43.5 Å². The lowest BCUT2D eigenvalue weighted by atomic mass is 9.86. The van der Waals surface area contributed by atoms with E-state index in [1.54, 1.807) is 14.2 Å². The van der Waals surface area contributed by atoms with Gasteiger partial charge in [0.2, 0.25) is 5.91 Å². The minimum atomic E-state index is -0.0225. The van der Waals surface area contributed by atoms with Gasteiger partial charge in [0.15, 0.2) is 0 Å². The van der Waals surface area contributed by atoms with Crippen LogP contribution in [0.4, 0.5) is 0 Å². The standard InChI is InChI=1S/C15H24N2O2/c1-15(2,3)12-6-7-13(19-5)11(8-12)9-17-14(18)10-16-4/h6-8,16H,9-10H2,1-5H3,(H,17,18). The zero-order chi connectivity index (χ0) is 14.5. The average molecular weight is 264 g/mol. The second kappa shape index (κ2) is 6.57. The molecule has 0 radical (unpaired) electrons. The van der Waals surface area contributed by atoms with Crippen LogP contribution in [0.3, 0.4) is 0 Å². The van der Waals surface area contributed by atoms with E-state index in [0.29, 0.717) is 13.1 Å². The largest absolute Gasteiger partial charge is 0.496 e. The fraction of sp³-hybridized carbons (Fsp3) is 0.533.